The molecule has 1 aliphatic heterocycles. The standard InChI is InChI=1S/C24H30O2/c1-22(2,3)16-9-10-20-18(12-16)24(7,8)19-13-17(23(4,5)6)11-15(14-25)21(19)26-20/h9-14H,1-8H3. The molecule has 0 fully saturated rings. The molecule has 0 unspecified atom stereocenters. The highest BCUT2D eigenvalue weighted by Gasteiger charge is 2.37. The molecule has 2 aromatic carbocycles. The minimum absolute atomic E-state index is 0.0313. The number of hydrogen-bond donors (Lipinski definition) is 0. The molecule has 0 saturated carbocycles. The minimum Gasteiger partial charge on any atom is -0.456 e. The first-order valence-corrected chi connectivity index (χ1v) is 9.33. The van der Waals surface area contributed by atoms with E-state index in [-0.39, 0.29) is 16.2 Å². The van der Waals surface area contributed by atoms with Crippen molar-refractivity contribution in [3.8, 4) is 11.5 Å². The highest BCUT2D eigenvalue weighted by atomic mass is 16.5. The van der Waals surface area contributed by atoms with Crippen molar-refractivity contribution in [1.29, 1.82) is 0 Å². The van der Waals surface area contributed by atoms with E-state index in [0.29, 0.717) is 11.3 Å². The van der Waals surface area contributed by atoms with E-state index in [1.165, 1.54) is 11.1 Å². The van der Waals surface area contributed by atoms with Crippen molar-refractivity contribution >= 4 is 6.29 Å². The Morgan fingerprint density at radius 2 is 1.42 bits per heavy atom. The molecule has 0 spiro atoms. The Morgan fingerprint density at radius 3 is 1.96 bits per heavy atom. The second-order valence-corrected chi connectivity index (χ2v) is 10.00. The van der Waals surface area contributed by atoms with Gasteiger partial charge in [0, 0.05) is 16.5 Å². The molecule has 0 bridgehead atoms. The first-order valence-electron chi connectivity index (χ1n) is 9.33. The lowest BCUT2D eigenvalue weighted by molar-refractivity contribution is 0.112. The van der Waals surface area contributed by atoms with Gasteiger partial charge in [-0.3, -0.25) is 4.79 Å². The average Bonchev–Trinajstić information content (AvgIpc) is 2.52. The van der Waals surface area contributed by atoms with Gasteiger partial charge in [-0.05, 0) is 34.1 Å². The molecule has 2 heteroatoms. The fourth-order valence-electron chi connectivity index (χ4n) is 3.58. The Labute approximate surface area is 157 Å². The largest absolute Gasteiger partial charge is 0.456 e. The lowest BCUT2D eigenvalue weighted by atomic mass is 9.71. The maximum atomic E-state index is 11.8. The third-order valence-corrected chi connectivity index (χ3v) is 5.51. The molecular weight excluding hydrogens is 320 g/mol. The van der Waals surface area contributed by atoms with Crippen LogP contribution in [0.4, 0.5) is 0 Å². The van der Waals surface area contributed by atoms with Crippen molar-refractivity contribution in [1.82, 2.24) is 0 Å². The smallest absolute Gasteiger partial charge is 0.153 e. The van der Waals surface area contributed by atoms with Crippen LogP contribution in [0.25, 0.3) is 0 Å². The van der Waals surface area contributed by atoms with Gasteiger partial charge in [0.25, 0.3) is 0 Å². The average molecular weight is 351 g/mol. The third-order valence-electron chi connectivity index (χ3n) is 5.51. The van der Waals surface area contributed by atoms with Crippen LogP contribution in [0.3, 0.4) is 0 Å². The van der Waals surface area contributed by atoms with Gasteiger partial charge in [-0.1, -0.05) is 73.6 Å². The Hall–Kier alpha value is -2.09. The van der Waals surface area contributed by atoms with Crippen LogP contribution in [-0.2, 0) is 16.2 Å². The molecule has 0 atom stereocenters. The minimum atomic E-state index is -0.233. The van der Waals surface area contributed by atoms with E-state index in [2.05, 4.69) is 73.6 Å². The molecule has 0 amide bonds. The molecule has 26 heavy (non-hydrogen) atoms. The summed E-state index contributed by atoms with van der Waals surface area (Å²) >= 11 is 0. The van der Waals surface area contributed by atoms with Gasteiger partial charge >= 0.3 is 0 Å². The fraction of sp³-hybridized carbons (Fsp3) is 0.458. The van der Waals surface area contributed by atoms with Gasteiger partial charge in [-0.25, -0.2) is 0 Å². The summed E-state index contributed by atoms with van der Waals surface area (Å²) < 4.78 is 6.24. The highest BCUT2D eigenvalue weighted by molar-refractivity contribution is 5.83. The molecule has 0 radical (unpaired) electrons. The molecule has 0 aliphatic carbocycles. The van der Waals surface area contributed by atoms with Crippen LogP contribution in [0.5, 0.6) is 11.5 Å². The molecule has 2 aromatic rings. The Balaban J connectivity index is 2.27. The zero-order valence-corrected chi connectivity index (χ0v) is 17.3. The van der Waals surface area contributed by atoms with Crippen molar-refractivity contribution in [2.24, 2.45) is 0 Å². The normalized spacial score (nSPS) is 15.7. The summed E-state index contributed by atoms with van der Waals surface area (Å²) in [6.45, 7) is 17.6. The molecule has 1 aliphatic rings. The van der Waals surface area contributed by atoms with E-state index in [0.717, 1.165) is 23.2 Å². The monoisotopic (exact) mass is 350 g/mol. The topological polar surface area (TPSA) is 26.3 Å². The number of fused-ring (bicyclic) bond motifs is 2. The molecule has 0 saturated heterocycles. The molecule has 1 heterocycles. The second kappa shape index (κ2) is 5.70. The van der Waals surface area contributed by atoms with Crippen LogP contribution in [0, 0.1) is 0 Å². The van der Waals surface area contributed by atoms with Gasteiger partial charge in [0.2, 0.25) is 0 Å². The van der Waals surface area contributed by atoms with E-state index >= 15 is 0 Å². The van der Waals surface area contributed by atoms with Gasteiger partial charge in [-0.15, -0.1) is 0 Å². The van der Waals surface area contributed by atoms with Crippen molar-refractivity contribution < 1.29 is 9.53 Å². The predicted molar refractivity (Wildman–Crippen MR) is 108 cm³/mol. The van der Waals surface area contributed by atoms with Crippen LogP contribution < -0.4 is 4.74 Å². The van der Waals surface area contributed by atoms with E-state index in [1.54, 1.807) is 0 Å². The maximum absolute atomic E-state index is 11.8. The number of rotatable bonds is 1. The van der Waals surface area contributed by atoms with Crippen LogP contribution in [0.15, 0.2) is 30.3 Å². The predicted octanol–water partition coefficient (Wildman–Crippen LogP) is 6.53. The van der Waals surface area contributed by atoms with Crippen LogP contribution >= 0.6 is 0 Å². The highest BCUT2D eigenvalue weighted by Crippen LogP contribution is 2.50. The summed E-state index contributed by atoms with van der Waals surface area (Å²) in [6, 6.07) is 10.6. The number of aldehydes is 1. The summed E-state index contributed by atoms with van der Waals surface area (Å²) in [5.41, 5.74) is 5.16. The van der Waals surface area contributed by atoms with Crippen molar-refractivity contribution in [2.75, 3.05) is 0 Å². The van der Waals surface area contributed by atoms with E-state index in [9.17, 15) is 4.79 Å². The molecule has 0 N–H and O–H groups in total. The summed E-state index contributed by atoms with van der Waals surface area (Å²) in [7, 11) is 0. The number of carbonyl (C=O) groups excluding carboxylic acids is 1. The number of benzene rings is 2. The summed E-state index contributed by atoms with van der Waals surface area (Å²) in [5.74, 6) is 1.55. The fourth-order valence-corrected chi connectivity index (χ4v) is 3.58. The van der Waals surface area contributed by atoms with Gasteiger partial charge in [0.1, 0.15) is 11.5 Å². The van der Waals surface area contributed by atoms with Gasteiger partial charge in [0.05, 0.1) is 5.56 Å². The second-order valence-electron chi connectivity index (χ2n) is 10.00. The zero-order valence-electron chi connectivity index (χ0n) is 17.3. The molecular formula is C24H30O2. The zero-order chi connectivity index (χ0) is 19.5. The lowest BCUT2D eigenvalue weighted by Crippen LogP contribution is -2.27. The quantitative estimate of drug-likeness (QED) is 0.547. The summed E-state index contributed by atoms with van der Waals surface area (Å²) in [6.07, 6.45) is 0.915. The first kappa shape index (κ1) is 18.7. The Kier molecular flexibility index (Phi) is 4.10. The molecule has 2 nitrogen and oxygen atoms in total. The SMILES string of the molecule is CC(C)(C)c1ccc2c(c1)C(C)(C)c1cc(C(C)(C)C)cc(C=O)c1O2. The van der Waals surface area contributed by atoms with Gasteiger partial charge < -0.3 is 4.74 Å². The Bertz CT molecular complexity index is 874. The molecule has 0 aromatic heterocycles. The van der Waals surface area contributed by atoms with Gasteiger partial charge in [-0.2, -0.15) is 0 Å². The maximum Gasteiger partial charge on any atom is 0.153 e. The summed E-state index contributed by atoms with van der Waals surface area (Å²) in [5, 5.41) is 0. The van der Waals surface area contributed by atoms with E-state index < -0.39 is 0 Å². The van der Waals surface area contributed by atoms with Crippen LogP contribution in [0.2, 0.25) is 0 Å². The first-order chi connectivity index (χ1) is 11.9. The lowest BCUT2D eigenvalue weighted by Gasteiger charge is -2.37. The molecule has 138 valence electrons. The number of ether oxygens (including phenoxy) is 1. The molecule has 3 rings (SSSR count). The van der Waals surface area contributed by atoms with E-state index in [4.69, 9.17) is 4.74 Å². The number of hydrogen-bond acceptors (Lipinski definition) is 2. The van der Waals surface area contributed by atoms with Crippen molar-refractivity contribution in [2.45, 2.75) is 71.6 Å². The van der Waals surface area contributed by atoms with E-state index in [1.807, 2.05) is 12.1 Å². The van der Waals surface area contributed by atoms with Crippen molar-refractivity contribution in [3.63, 3.8) is 0 Å². The van der Waals surface area contributed by atoms with Crippen LogP contribution in [-0.4, -0.2) is 6.29 Å². The Morgan fingerprint density at radius 1 is 0.846 bits per heavy atom. The number of carbonyl (C=O) groups is 1. The van der Waals surface area contributed by atoms with Crippen molar-refractivity contribution in [3.05, 3.63) is 58.1 Å². The van der Waals surface area contributed by atoms with Crippen LogP contribution in [0.1, 0.15) is 88.0 Å². The summed E-state index contributed by atoms with van der Waals surface area (Å²) in [4.78, 5) is 11.8. The third kappa shape index (κ3) is 2.96. The van der Waals surface area contributed by atoms with Gasteiger partial charge in [0.15, 0.2) is 6.29 Å².